The highest BCUT2D eigenvalue weighted by Crippen LogP contribution is 2.34. The maximum absolute atomic E-state index is 10.1. The van der Waals surface area contributed by atoms with E-state index in [1.165, 1.54) is 12.6 Å². The lowest BCUT2D eigenvalue weighted by Crippen LogP contribution is -2.40. The van der Waals surface area contributed by atoms with Gasteiger partial charge >= 0.3 is 0 Å². The highest BCUT2D eigenvalue weighted by atomic mass is 16.3. The van der Waals surface area contributed by atoms with Crippen molar-refractivity contribution in [2.45, 2.75) is 18.9 Å². The van der Waals surface area contributed by atoms with E-state index in [0.29, 0.717) is 17.3 Å². The summed E-state index contributed by atoms with van der Waals surface area (Å²) in [5, 5.41) is 24.5. The number of fused-ring (bicyclic) bond motifs is 1. The van der Waals surface area contributed by atoms with Crippen LogP contribution in [0.3, 0.4) is 0 Å². The molecule has 0 radical (unpaired) electrons. The predicted octanol–water partition coefficient (Wildman–Crippen LogP) is 2.90. The number of aromatic nitrogens is 3. The Labute approximate surface area is 146 Å². The second-order valence-corrected chi connectivity index (χ2v) is 6.58. The van der Waals surface area contributed by atoms with Gasteiger partial charge in [0.1, 0.15) is 11.4 Å². The molecule has 1 aliphatic rings. The molecular weight excluding hydrogens is 314 g/mol. The molecule has 1 fully saturated rings. The number of anilines is 1. The van der Waals surface area contributed by atoms with Crippen LogP contribution in [0.5, 0.6) is 5.75 Å². The number of hydrogen-bond donors (Lipinski definition) is 2. The maximum Gasteiger partial charge on any atom is 0.156 e. The van der Waals surface area contributed by atoms with E-state index in [0.717, 1.165) is 36.1 Å². The van der Waals surface area contributed by atoms with Crippen LogP contribution in [0.1, 0.15) is 12.8 Å². The van der Waals surface area contributed by atoms with Crippen LogP contribution in [0.15, 0.2) is 42.7 Å². The Morgan fingerprint density at radius 3 is 2.80 bits per heavy atom. The molecule has 1 atom stereocenters. The molecule has 6 heteroatoms. The Bertz CT molecular complexity index is 898. The van der Waals surface area contributed by atoms with Crippen LogP contribution >= 0.6 is 0 Å². The molecule has 0 spiro atoms. The first-order valence-corrected chi connectivity index (χ1v) is 8.56. The zero-order chi connectivity index (χ0) is 17.2. The largest absolute Gasteiger partial charge is 0.506 e. The van der Waals surface area contributed by atoms with Crippen LogP contribution in [0, 0.1) is 0 Å². The van der Waals surface area contributed by atoms with E-state index in [1.54, 1.807) is 12.3 Å². The van der Waals surface area contributed by atoms with E-state index in [4.69, 9.17) is 0 Å². The SMILES string of the molecule is CN1CCC[C@@H](Nc2nnc(-c3ccncc3O)c3ccccc23)C1. The van der Waals surface area contributed by atoms with Gasteiger partial charge in [0.25, 0.3) is 0 Å². The number of nitrogens with one attached hydrogen (secondary N) is 1. The minimum atomic E-state index is 0.108. The molecule has 1 saturated heterocycles. The number of aromatic hydroxyl groups is 1. The summed E-state index contributed by atoms with van der Waals surface area (Å²) in [6.45, 7) is 2.15. The zero-order valence-electron chi connectivity index (χ0n) is 14.2. The molecular formula is C19H21N5O. The first kappa shape index (κ1) is 15.8. The molecule has 0 unspecified atom stereocenters. The fourth-order valence-electron chi connectivity index (χ4n) is 3.47. The minimum Gasteiger partial charge on any atom is -0.506 e. The first-order valence-electron chi connectivity index (χ1n) is 8.56. The van der Waals surface area contributed by atoms with Crippen molar-refractivity contribution in [3.63, 3.8) is 0 Å². The van der Waals surface area contributed by atoms with Gasteiger partial charge in [-0.1, -0.05) is 24.3 Å². The summed E-state index contributed by atoms with van der Waals surface area (Å²) in [6, 6.07) is 10.2. The van der Waals surface area contributed by atoms with Gasteiger partial charge in [-0.2, -0.15) is 0 Å². The quantitative estimate of drug-likeness (QED) is 0.767. The number of pyridine rings is 1. The van der Waals surface area contributed by atoms with Crippen molar-refractivity contribution in [2.24, 2.45) is 0 Å². The van der Waals surface area contributed by atoms with Crippen molar-refractivity contribution < 1.29 is 5.11 Å². The molecule has 128 valence electrons. The number of hydrogen-bond acceptors (Lipinski definition) is 6. The van der Waals surface area contributed by atoms with Gasteiger partial charge in [-0.05, 0) is 32.5 Å². The molecule has 4 rings (SSSR count). The van der Waals surface area contributed by atoms with Crippen LogP contribution < -0.4 is 5.32 Å². The van der Waals surface area contributed by atoms with Gasteiger partial charge in [-0.15, -0.1) is 10.2 Å². The van der Waals surface area contributed by atoms with E-state index < -0.39 is 0 Å². The smallest absolute Gasteiger partial charge is 0.156 e. The number of rotatable bonds is 3. The highest BCUT2D eigenvalue weighted by molar-refractivity contribution is 6.00. The molecule has 2 aromatic heterocycles. The van der Waals surface area contributed by atoms with Gasteiger partial charge in [0, 0.05) is 35.1 Å². The third-order valence-electron chi connectivity index (χ3n) is 4.71. The topological polar surface area (TPSA) is 74.2 Å². The van der Waals surface area contributed by atoms with Gasteiger partial charge in [0.2, 0.25) is 0 Å². The second-order valence-electron chi connectivity index (χ2n) is 6.58. The molecule has 1 aromatic carbocycles. The van der Waals surface area contributed by atoms with Crippen LogP contribution in [0.4, 0.5) is 5.82 Å². The number of benzene rings is 1. The Morgan fingerprint density at radius 2 is 2.00 bits per heavy atom. The van der Waals surface area contributed by atoms with Gasteiger partial charge in [-0.3, -0.25) is 4.98 Å². The van der Waals surface area contributed by atoms with Crippen molar-refractivity contribution in [3.8, 4) is 17.0 Å². The van der Waals surface area contributed by atoms with Crippen molar-refractivity contribution in [1.82, 2.24) is 20.1 Å². The van der Waals surface area contributed by atoms with Crippen LogP contribution in [-0.4, -0.2) is 51.4 Å². The highest BCUT2D eigenvalue weighted by Gasteiger charge is 2.19. The monoisotopic (exact) mass is 335 g/mol. The van der Waals surface area contributed by atoms with Gasteiger partial charge in [-0.25, -0.2) is 0 Å². The molecule has 1 aliphatic heterocycles. The minimum absolute atomic E-state index is 0.108. The fraction of sp³-hybridized carbons (Fsp3) is 0.316. The van der Waals surface area contributed by atoms with Gasteiger partial charge in [0.15, 0.2) is 5.82 Å². The van der Waals surface area contributed by atoms with E-state index in [2.05, 4.69) is 32.4 Å². The molecule has 6 nitrogen and oxygen atoms in total. The molecule has 0 saturated carbocycles. The number of likely N-dealkylation sites (N-methyl/N-ethyl adjacent to an activating group) is 1. The lowest BCUT2D eigenvalue weighted by atomic mass is 10.0. The summed E-state index contributed by atoms with van der Waals surface area (Å²) in [7, 11) is 2.15. The van der Waals surface area contributed by atoms with Gasteiger partial charge < -0.3 is 15.3 Å². The molecule has 0 amide bonds. The van der Waals surface area contributed by atoms with Crippen molar-refractivity contribution >= 4 is 16.6 Å². The standard InChI is InChI=1S/C19H21N5O/c1-24-10-4-5-13(12-24)21-19-15-7-3-2-6-14(15)18(22-23-19)16-8-9-20-11-17(16)25/h2-3,6-9,11,13,25H,4-5,10,12H2,1H3,(H,21,23)/t13-/m1/s1. The van der Waals surface area contributed by atoms with E-state index in [-0.39, 0.29) is 5.75 Å². The average molecular weight is 335 g/mol. The predicted molar refractivity (Wildman–Crippen MR) is 98.6 cm³/mol. The average Bonchev–Trinajstić information content (AvgIpc) is 2.63. The summed E-state index contributed by atoms with van der Waals surface area (Å²) in [5.74, 6) is 0.907. The fourth-order valence-corrected chi connectivity index (χ4v) is 3.47. The van der Waals surface area contributed by atoms with Crippen LogP contribution in [-0.2, 0) is 0 Å². The van der Waals surface area contributed by atoms with Crippen LogP contribution in [0.25, 0.3) is 22.0 Å². The van der Waals surface area contributed by atoms with E-state index >= 15 is 0 Å². The lowest BCUT2D eigenvalue weighted by molar-refractivity contribution is 0.261. The van der Waals surface area contributed by atoms with Crippen LogP contribution in [0.2, 0.25) is 0 Å². The third kappa shape index (κ3) is 3.13. The molecule has 2 N–H and O–H groups in total. The third-order valence-corrected chi connectivity index (χ3v) is 4.71. The lowest BCUT2D eigenvalue weighted by Gasteiger charge is -2.30. The Morgan fingerprint density at radius 1 is 1.16 bits per heavy atom. The van der Waals surface area contributed by atoms with Crippen molar-refractivity contribution in [2.75, 3.05) is 25.5 Å². The molecule has 0 bridgehead atoms. The van der Waals surface area contributed by atoms with Gasteiger partial charge in [0.05, 0.1) is 6.20 Å². The van der Waals surface area contributed by atoms with E-state index in [9.17, 15) is 5.11 Å². The molecule has 3 aromatic rings. The number of nitrogens with zero attached hydrogens (tertiary/aromatic N) is 4. The Hall–Kier alpha value is -2.73. The Balaban J connectivity index is 1.76. The van der Waals surface area contributed by atoms with E-state index in [1.807, 2.05) is 24.3 Å². The normalized spacial score (nSPS) is 18.4. The van der Waals surface area contributed by atoms with Crippen molar-refractivity contribution in [3.05, 3.63) is 42.7 Å². The number of likely N-dealkylation sites (tertiary alicyclic amines) is 1. The Kier molecular flexibility index (Phi) is 4.19. The van der Waals surface area contributed by atoms with Crippen molar-refractivity contribution in [1.29, 1.82) is 0 Å². The summed E-state index contributed by atoms with van der Waals surface area (Å²) < 4.78 is 0. The number of piperidine rings is 1. The molecule has 25 heavy (non-hydrogen) atoms. The second kappa shape index (κ2) is 6.64. The summed E-state index contributed by atoms with van der Waals surface area (Å²) in [6.07, 6.45) is 5.39. The zero-order valence-corrected chi connectivity index (χ0v) is 14.2. The molecule has 0 aliphatic carbocycles. The summed E-state index contributed by atoms with van der Waals surface area (Å²) in [4.78, 5) is 6.27. The maximum atomic E-state index is 10.1. The summed E-state index contributed by atoms with van der Waals surface area (Å²) in [5.41, 5.74) is 1.31. The molecule has 3 heterocycles. The summed E-state index contributed by atoms with van der Waals surface area (Å²) >= 11 is 0. The first-order chi connectivity index (χ1) is 12.2.